The van der Waals surface area contributed by atoms with Gasteiger partial charge in [-0.05, 0) is 25.2 Å². The molecule has 2 unspecified atom stereocenters. The van der Waals surface area contributed by atoms with Gasteiger partial charge in [0.1, 0.15) is 0 Å². The fraction of sp³-hybridized carbons (Fsp3) is 0.700. The molecule has 0 saturated heterocycles. The Morgan fingerprint density at radius 3 is 2.45 bits per heavy atom. The summed E-state index contributed by atoms with van der Waals surface area (Å²) in [5.41, 5.74) is 0. The predicted molar refractivity (Wildman–Crippen MR) is 52.2 cm³/mol. The number of hydrogen-bond donors (Lipinski definition) is 0. The van der Waals surface area contributed by atoms with Crippen LogP contribution in [0.5, 0.6) is 0 Å². The zero-order chi connectivity index (χ0) is 8.69. The Morgan fingerprint density at radius 2 is 2.09 bits per heavy atom. The maximum Gasteiger partial charge on any atom is 0.0273 e. The van der Waals surface area contributed by atoms with E-state index in [1.54, 1.807) is 0 Å². The topological polar surface area (TPSA) is 12.4 Å². The molecule has 1 heteroatoms. The second kappa shape index (κ2) is 6.14. The van der Waals surface area contributed by atoms with Gasteiger partial charge in [0.05, 0.1) is 0 Å². The molecule has 0 heterocycles. The van der Waals surface area contributed by atoms with Gasteiger partial charge in [0, 0.05) is 13.3 Å². The third-order valence-electron chi connectivity index (χ3n) is 1.97. The van der Waals surface area contributed by atoms with E-state index in [0.717, 1.165) is 0 Å². The van der Waals surface area contributed by atoms with Gasteiger partial charge in [0.2, 0.25) is 0 Å². The van der Waals surface area contributed by atoms with Crippen LogP contribution < -0.4 is 0 Å². The van der Waals surface area contributed by atoms with E-state index >= 15 is 0 Å². The summed E-state index contributed by atoms with van der Waals surface area (Å²) in [6.45, 7) is 6.49. The molecule has 0 saturated carbocycles. The molecule has 1 nitrogen and oxygen atoms in total. The van der Waals surface area contributed by atoms with Gasteiger partial charge in [-0.3, -0.25) is 0 Å². The molecule has 0 aromatic heterocycles. The molecular formula is C10H19N. The second-order valence-corrected chi connectivity index (χ2v) is 2.86. The highest BCUT2D eigenvalue weighted by Crippen LogP contribution is 2.14. The van der Waals surface area contributed by atoms with Crippen molar-refractivity contribution in [2.24, 2.45) is 16.8 Å². The lowest BCUT2D eigenvalue weighted by Gasteiger charge is -2.13. The number of nitrogens with zero attached hydrogens (tertiary/aromatic N) is 1. The van der Waals surface area contributed by atoms with E-state index in [1.165, 1.54) is 6.42 Å². The van der Waals surface area contributed by atoms with Crippen LogP contribution in [-0.4, -0.2) is 13.3 Å². The molecule has 0 radical (unpaired) electrons. The van der Waals surface area contributed by atoms with Crippen LogP contribution in [0, 0.1) is 11.8 Å². The Morgan fingerprint density at radius 1 is 1.45 bits per heavy atom. The monoisotopic (exact) mass is 153 g/mol. The van der Waals surface area contributed by atoms with E-state index in [0.29, 0.717) is 11.8 Å². The van der Waals surface area contributed by atoms with E-state index in [9.17, 15) is 0 Å². The molecule has 0 aliphatic carbocycles. The summed E-state index contributed by atoms with van der Waals surface area (Å²) < 4.78 is 0. The van der Waals surface area contributed by atoms with Crippen molar-refractivity contribution in [3.8, 4) is 0 Å². The average Bonchev–Trinajstić information content (AvgIpc) is 2.00. The maximum atomic E-state index is 4.03. The van der Waals surface area contributed by atoms with Gasteiger partial charge in [0.25, 0.3) is 0 Å². The van der Waals surface area contributed by atoms with Crippen molar-refractivity contribution in [3.05, 3.63) is 12.2 Å². The Bertz CT molecular complexity index is 136. The van der Waals surface area contributed by atoms with E-state index < -0.39 is 0 Å². The molecule has 2 atom stereocenters. The number of allylic oxidation sites excluding steroid dienone is 2. The SMILES string of the molecule is C/C=C/C(CC)C(C)C=NC. The highest BCUT2D eigenvalue weighted by atomic mass is 14.6. The van der Waals surface area contributed by atoms with Gasteiger partial charge >= 0.3 is 0 Å². The summed E-state index contributed by atoms with van der Waals surface area (Å²) in [5.74, 6) is 1.23. The van der Waals surface area contributed by atoms with Gasteiger partial charge < -0.3 is 4.99 Å². The van der Waals surface area contributed by atoms with E-state index in [4.69, 9.17) is 0 Å². The molecule has 0 N–H and O–H groups in total. The summed E-state index contributed by atoms with van der Waals surface area (Å²) in [4.78, 5) is 4.03. The van der Waals surface area contributed by atoms with Gasteiger partial charge in [-0.2, -0.15) is 0 Å². The molecule has 0 fully saturated rings. The van der Waals surface area contributed by atoms with E-state index in [-0.39, 0.29) is 0 Å². The fourth-order valence-electron chi connectivity index (χ4n) is 1.28. The normalized spacial score (nSPS) is 17.8. The lowest BCUT2D eigenvalue weighted by molar-refractivity contribution is 0.529. The number of aliphatic imine (C=N–C) groups is 1. The predicted octanol–water partition coefficient (Wildman–Crippen LogP) is 2.93. The second-order valence-electron chi connectivity index (χ2n) is 2.86. The van der Waals surface area contributed by atoms with Crippen LogP contribution in [-0.2, 0) is 0 Å². The summed E-state index contributed by atoms with van der Waals surface area (Å²) in [7, 11) is 1.83. The molecule has 0 aromatic carbocycles. The summed E-state index contributed by atoms with van der Waals surface area (Å²) >= 11 is 0. The summed E-state index contributed by atoms with van der Waals surface area (Å²) in [6, 6.07) is 0. The molecular weight excluding hydrogens is 134 g/mol. The minimum absolute atomic E-state index is 0.571. The quantitative estimate of drug-likeness (QED) is 0.435. The number of rotatable bonds is 4. The van der Waals surface area contributed by atoms with E-state index in [1.807, 2.05) is 13.3 Å². The highest BCUT2D eigenvalue weighted by molar-refractivity contribution is 5.60. The van der Waals surface area contributed by atoms with Crippen LogP contribution in [0.25, 0.3) is 0 Å². The molecule has 11 heavy (non-hydrogen) atoms. The first-order chi connectivity index (χ1) is 5.26. The Kier molecular flexibility index (Phi) is 5.81. The highest BCUT2D eigenvalue weighted by Gasteiger charge is 2.08. The largest absolute Gasteiger partial charge is 0.301 e. The van der Waals surface area contributed by atoms with Crippen LogP contribution in [0.3, 0.4) is 0 Å². The van der Waals surface area contributed by atoms with Gasteiger partial charge in [-0.15, -0.1) is 0 Å². The third kappa shape index (κ3) is 3.97. The lowest BCUT2D eigenvalue weighted by atomic mass is 9.92. The van der Waals surface area contributed by atoms with Crippen LogP contribution >= 0.6 is 0 Å². The molecule has 0 aliphatic rings. The van der Waals surface area contributed by atoms with Gasteiger partial charge in [-0.25, -0.2) is 0 Å². The lowest BCUT2D eigenvalue weighted by Crippen LogP contribution is -2.09. The Hall–Kier alpha value is -0.590. The Labute approximate surface area is 70.2 Å². The van der Waals surface area contributed by atoms with Crippen LogP contribution in [0.4, 0.5) is 0 Å². The smallest absolute Gasteiger partial charge is 0.0273 e. The average molecular weight is 153 g/mol. The number of hydrogen-bond acceptors (Lipinski definition) is 1. The van der Waals surface area contributed by atoms with Crippen LogP contribution in [0.2, 0.25) is 0 Å². The molecule has 0 spiro atoms. The molecule has 0 aliphatic heterocycles. The first-order valence-electron chi connectivity index (χ1n) is 4.31. The maximum absolute atomic E-state index is 4.03. The standard InChI is InChI=1S/C10H19N/c1-5-7-10(6-2)9(3)8-11-4/h5,7-10H,6H2,1-4H3/b7-5+,11-8?. The van der Waals surface area contributed by atoms with Gasteiger partial charge in [0.15, 0.2) is 0 Å². The van der Waals surface area contributed by atoms with Crippen molar-refractivity contribution >= 4 is 6.21 Å². The minimum atomic E-state index is 0.571. The van der Waals surface area contributed by atoms with Crippen LogP contribution in [0.1, 0.15) is 27.2 Å². The van der Waals surface area contributed by atoms with Crippen molar-refractivity contribution in [2.75, 3.05) is 7.05 Å². The van der Waals surface area contributed by atoms with Crippen molar-refractivity contribution in [2.45, 2.75) is 27.2 Å². The zero-order valence-electron chi connectivity index (χ0n) is 8.04. The molecule has 0 aromatic rings. The fourth-order valence-corrected chi connectivity index (χ4v) is 1.28. The van der Waals surface area contributed by atoms with Crippen molar-refractivity contribution in [1.29, 1.82) is 0 Å². The van der Waals surface area contributed by atoms with Crippen molar-refractivity contribution in [3.63, 3.8) is 0 Å². The first kappa shape index (κ1) is 10.4. The molecule has 64 valence electrons. The van der Waals surface area contributed by atoms with E-state index in [2.05, 4.69) is 37.9 Å². The first-order valence-corrected chi connectivity index (χ1v) is 4.31. The summed E-state index contributed by atoms with van der Waals surface area (Å²) in [6.07, 6.45) is 7.59. The van der Waals surface area contributed by atoms with Crippen molar-refractivity contribution < 1.29 is 0 Å². The summed E-state index contributed by atoms with van der Waals surface area (Å²) in [5, 5.41) is 0. The molecule has 0 amide bonds. The van der Waals surface area contributed by atoms with Crippen LogP contribution in [0.15, 0.2) is 17.1 Å². The van der Waals surface area contributed by atoms with Crippen molar-refractivity contribution in [1.82, 2.24) is 0 Å². The zero-order valence-corrected chi connectivity index (χ0v) is 8.04. The minimum Gasteiger partial charge on any atom is -0.301 e. The van der Waals surface area contributed by atoms with Gasteiger partial charge in [-0.1, -0.05) is 26.0 Å². The Balaban J connectivity index is 4.01. The molecule has 0 bridgehead atoms. The third-order valence-corrected chi connectivity index (χ3v) is 1.97. The molecule has 0 rings (SSSR count).